The Bertz CT molecular complexity index is 516. The molecule has 0 fully saturated rings. The van der Waals surface area contributed by atoms with Crippen molar-refractivity contribution in [1.29, 1.82) is 0 Å². The van der Waals surface area contributed by atoms with E-state index in [9.17, 15) is 9.59 Å². The summed E-state index contributed by atoms with van der Waals surface area (Å²) < 4.78 is 5.31. The van der Waals surface area contributed by atoms with Crippen molar-refractivity contribution in [3.8, 4) is 0 Å². The molecular formula is C15H18O3. The molecule has 1 aromatic carbocycles. The molecule has 0 radical (unpaired) electrons. The summed E-state index contributed by atoms with van der Waals surface area (Å²) in [4.78, 5) is 23.7. The first-order valence-corrected chi connectivity index (χ1v) is 6.21. The lowest BCUT2D eigenvalue weighted by atomic mass is 9.82. The molecule has 18 heavy (non-hydrogen) atoms. The van der Waals surface area contributed by atoms with E-state index >= 15 is 0 Å². The molecule has 0 spiro atoms. The van der Waals surface area contributed by atoms with Gasteiger partial charge in [0.2, 0.25) is 0 Å². The van der Waals surface area contributed by atoms with Crippen LogP contribution in [-0.2, 0) is 16.0 Å². The first-order chi connectivity index (χ1) is 8.35. The molecule has 1 unspecified atom stereocenters. The summed E-state index contributed by atoms with van der Waals surface area (Å²) >= 11 is 0. The van der Waals surface area contributed by atoms with Gasteiger partial charge in [-0.05, 0) is 37.0 Å². The molecule has 1 aliphatic rings. The lowest BCUT2D eigenvalue weighted by molar-refractivity contribution is -0.135. The Labute approximate surface area is 107 Å². The molecule has 1 aliphatic heterocycles. The first-order valence-electron chi connectivity index (χ1n) is 6.21. The van der Waals surface area contributed by atoms with E-state index in [1.807, 2.05) is 12.1 Å². The maximum Gasteiger partial charge on any atom is 0.339 e. The number of Topliss-reactive ketones (excluding diaryl/α,β-unsaturated/α-hetero) is 1. The average Bonchev–Trinajstić information content (AvgIpc) is 2.27. The van der Waals surface area contributed by atoms with E-state index < -0.39 is 11.6 Å². The number of hydrogen-bond donors (Lipinski definition) is 0. The molecule has 3 heteroatoms. The monoisotopic (exact) mass is 246 g/mol. The van der Waals surface area contributed by atoms with Crippen LogP contribution < -0.4 is 0 Å². The van der Waals surface area contributed by atoms with E-state index in [0.717, 1.165) is 11.1 Å². The quantitative estimate of drug-likeness (QED) is 0.754. The zero-order chi connectivity index (χ0) is 13.5. The fourth-order valence-corrected chi connectivity index (χ4v) is 2.36. The second-order valence-corrected chi connectivity index (χ2v) is 5.38. The zero-order valence-electron chi connectivity index (χ0n) is 11.2. The Morgan fingerprint density at radius 3 is 2.61 bits per heavy atom. The van der Waals surface area contributed by atoms with Gasteiger partial charge in [-0.2, -0.15) is 0 Å². The number of carbonyl (C=O) groups is 2. The van der Waals surface area contributed by atoms with Crippen LogP contribution in [0.25, 0.3) is 0 Å². The Kier molecular flexibility index (Phi) is 3.01. The van der Waals surface area contributed by atoms with Crippen molar-refractivity contribution >= 4 is 11.8 Å². The maximum atomic E-state index is 12.0. The maximum absolute atomic E-state index is 12.0. The van der Waals surface area contributed by atoms with Crippen molar-refractivity contribution in [2.45, 2.75) is 45.6 Å². The number of ketones is 1. The van der Waals surface area contributed by atoms with Crippen LogP contribution in [0.1, 0.15) is 55.1 Å². The molecule has 96 valence electrons. The van der Waals surface area contributed by atoms with Crippen LogP contribution in [0.5, 0.6) is 0 Å². The Hall–Kier alpha value is -1.64. The Balaban J connectivity index is 2.57. The van der Waals surface area contributed by atoms with Gasteiger partial charge in [-0.1, -0.05) is 26.0 Å². The van der Waals surface area contributed by atoms with Crippen LogP contribution in [0, 0.1) is 0 Å². The molecule has 0 aromatic heterocycles. The smallest absolute Gasteiger partial charge is 0.339 e. The van der Waals surface area contributed by atoms with E-state index in [1.165, 1.54) is 6.92 Å². The molecule has 0 saturated heterocycles. The third kappa shape index (κ3) is 1.94. The van der Waals surface area contributed by atoms with Crippen LogP contribution in [0.3, 0.4) is 0 Å². The number of carbonyl (C=O) groups excluding carboxylic acids is 2. The highest BCUT2D eigenvalue weighted by atomic mass is 16.6. The van der Waals surface area contributed by atoms with E-state index in [4.69, 9.17) is 4.74 Å². The van der Waals surface area contributed by atoms with Crippen LogP contribution in [0.4, 0.5) is 0 Å². The van der Waals surface area contributed by atoms with E-state index in [2.05, 4.69) is 13.8 Å². The minimum Gasteiger partial charge on any atom is -0.447 e. The summed E-state index contributed by atoms with van der Waals surface area (Å²) in [5.74, 6) is -0.182. The van der Waals surface area contributed by atoms with Crippen LogP contribution in [-0.4, -0.2) is 17.4 Å². The van der Waals surface area contributed by atoms with E-state index in [1.54, 1.807) is 13.0 Å². The van der Waals surface area contributed by atoms with Gasteiger partial charge in [0.25, 0.3) is 0 Å². The van der Waals surface area contributed by atoms with E-state index in [0.29, 0.717) is 17.9 Å². The number of hydrogen-bond acceptors (Lipinski definition) is 3. The van der Waals surface area contributed by atoms with Crippen molar-refractivity contribution in [2.24, 2.45) is 0 Å². The summed E-state index contributed by atoms with van der Waals surface area (Å²) in [7, 11) is 0. The summed E-state index contributed by atoms with van der Waals surface area (Å²) in [6.07, 6.45) is 0.470. The molecule has 0 amide bonds. The molecule has 1 heterocycles. The first kappa shape index (κ1) is 12.8. The lowest BCUT2D eigenvalue weighted by Gasteiger charge is -2.33. The van der Waals surface area contributed by atoms with Crippen molar-refractivity contribution in [2.75, 3.05) is 0 Å². The van der Waals surface area contributed by atoms with Crippen LogP contribution >= 0.6 is 0 Å². The van der Waals surface area contributed by atoms with Crippen molar-refractivity contribution in [1.82, 2.24) is 0 Å². The molecule has 1 aromatic rings. The fraction of sp³-hybridized carbons (Fsp3) is 0.467. The van der Waals surface area contributed by atoms with Crippen LogP contribution in [0.15, 0.2) is 18.2 Å². The van der Waals surface area contributed by atoms with Gasteiger partial charge in [0.15, 0.2) is 11.4 Å². The van der Waals surface area contributed by atoms with Gasteiger partial charge in [-0.25, -0.2) is 4.79 Å². The molecule has 0 aliphatic carbocycles. The predicted molar refractivity (Wildman–Crippen MR) is 68.7 cm³/mol. The fourth-order valence-electron chi connectivity index (χ4n) is 2.36. The average molecular weight is 246 g/mol. The number of cyclic esters (lactones) is 1. The number of benzene rings is 1. The van der Waals surface area contributed by atoms with Gasteiger partial charge in [0.1, 0.15) is 0 Å². The number of esters is 1. The van der Waals surface area contributed by atoms with Gasteiger partial charge < -0.3 is 4.74 Å². The SMILES string of the molecule is CC(=O)C1(C)Cc2c(cccc2C(C)C)C(=O)O1. The summed E-state index contributed by atoms with van der Waals surface area (Å²) in [5, 5.41) is 0. The van der Waals surface area contributed by atoms with Crippen molar-refractivity contribution in [3.05, 3.63) is 34.9 Å². The largest absolute Gasteiger partial charge is 0.447 e. The Morgan fingerprint density at radius 1 is 1.39 bits per heavy atom. The highest BCUT2D eigenvalue weighted by Crippen LogP contribution is 2.33. The second-order valence-electron chi connectivity index (χ2n) is 5.38. The number of ether oxygens (including phenoxy) is 1. The topological polar surface area (TPSA) is 43.4 Å². The van der Waals surface area contributed by atoms with Crippen molar-refractivity contribution < 1.29 is 14.3 Å². The molecule has 0 N–H and O–H groups in total. The summed E-state index contributed by atoms with van der Waals surface area (Å²) in [5.41, 5.74) is 1.66. The molecule has 1 atom stereocenters. The van der Waals surface area contributed by atoms with Gasteiger partial charge >= 0.3 is 5.97 Å². The minimum absolute atomic E-state index is 0.111. The lowest BCUT2D eigenvalue weighted by Crippen LogP contribution is -2.45. The highest BCUT2D eigenvalue weighted by Gasteiger charge is 2.41. The number of rotatable bonds is 2. The third-order valence-corrected chi connectivity index (χ3v) is 3.63. The summed E-state index contributed by atoms with van der Waals surface area (Å²) in [6.45, 7) is 7.32. The highest BCUT2D eigenvalue weighted by molar-refractivity contribution is 5.97. The molecular weight excluding hydrogens is 228 g/mol. The Morgan fingerprint density at radius 2 is 2.06 bits per heavy atom. The normalized spacial score (nSPS) is 22.6. The molecule has 0 saturated carbocycles. The van der Waals surface area contributed by atoms with Gasteiger partial charge in [-0.15, -0.1) is 0 Å². The molecule has 2 rings (SSSR count). The van der Waals surface area contributed by atoms with E-state index in [-0.39, 0.29) is 5.78 Å². The predicted octanol–water partition coefficient (Wildman–Crippen LogP) is 2.87. The minimum atomic E-state index is -1.02. The zero-order valence-corrected chi connectivity index (χ0v) is 11.2. The van der Waals surface area contributed by atoms with Gasteiger partial charge in [0, 0.05) is 6.42 Å². The van der Waals surface area contributed by atoms with Gasteiger partial charge in [-0.3, -0.25) is 4.79 Å². The summed E-state index contributed by atoms with van der Waals surface area (Å²) in [6, 6.07) is 5.65. The molecule has 3 nitrogen and oxygen atoms in total. The van der Waals surface area contributed by atoms with Gasteiger partial charge in [0.05, 0.1) is 5.56 Å². The standard InChI is InChI=1S/C15H18O3/c1-9(2)11-6-5-7-12-13(11)8-15(4,10(3)16)18-14(12)17/h5-7,9H,8H2,1-4H3. The third-order valence-electron chi connectivity index (χ3n) is 3.63. The van der Waals surface area contributed by atoms with Crippen LogP contribution in [0.2, 0.25) is 0 Å². The van der Waals surface area contributed by atoms with Crippen molar-refractivity contribution in [3.63, 3.8) is 0 Å². The second kappa shape index (κ2) is 4.23. The molecule has 0 bridgehead atoms. The number of fused-ring (bicyclic) bond motifs is 1.